The van der Waals surface area contributed by atoms with Gasteiger partial charge in [0.2, 0.25) is 0 Å². The maximum atomic E-state index is 11.8. The highest BCUT2D eigenvalue weighted by atomic mass is 32.2. The van der Waals surface area contributed by atoms with Crippen LogP contribution in [0.25, 0.3) is 0 Å². The van der Waals surface area contributed by atoms with E-state index >= 15 is 0 Å². The van der Waals surface area contributed by atoms with E-state index in [2.05, 4.69) is 5.32 Å². The number of sulfone groups is 1. The maximum Gasteiger partial charge on any atom is 0.311 e. The molecule has 0 spiro atoms. The van der Waals surface area contributed by atoms with Gasteiger partial charge in [-0.25, -0.2) is 8.42 Å². The van der Waals surface area contributed by atoms with Gasteiger partial charge in [0, 0.05) is 19.3 Å². The first kappa shape index (κ1) is 15.2. The molecule has 0 bridgehead atoms. The third-order valence-electron chi connectivity index (χ3n) is 4.60. The minimum atomic E-state index is -3.64. The molecule has 2 unspecified atom stereocenters. The van der Waals surface area contributed by atoms with Crippen LogP contribution >= 0.6 is 0 Å². The highest BCUT2D eigenvalue weighted by molar-refractivity contribution is 7.90. The average Bonchev–Trinajstić information content (AvgIpc) is 2.92. The molecule has 120 valence electrons. The molecule has 0 saturated carbocycles. The molecule has 0 amide bonds. The minimum absolute atomic E-state index is 0.207. The molecule has 8 heteroatoms. The van der Waals surface area contributed by atoms with Crippen molar-refractivity contribution in [2.75, 3.05) is 37.3 Å². The van der Waals surface area contributed by atoms with E-state index in [-0.39, 0.29) is 10.6 Å². The van der Waals surface area contributed by atoms with Crippen LogP contribution in [0.2, 0.25) is 0 Å². The van der Waals surface area contributed by atoms with Crippen LogP contribution in [-0.4, -0.2) is 45.8 Å². The summed E-state index contributed by atoms with van der Waals surface area (Å²) in [4.78, 5) is 12.6. The van der Waals surface area contributed by atoms with E-state index in [1.165, 1.54) is 6.07 Å². The third-order valence-corrected chi connectivity index (χ3v) is 5.73. The minimum Gasteiger partial charge on any atom is -0.366 e. The molecule has 2 aliphatic rings. The fourth-order valence-corrected chi connectivity index (χ4v) is 4.36. The molecule has 7 nitrogen and oxygen atoms in total. The van der Waals surface area contributed by atoms with Crippen LogP contribution in [-0.2, 0) is 9.84 Å². The van der Waals surface area contributed by atoms with Crippen LogP contribution in [0.5, 0.6) is 0 Å². The van der Waals surface area contributed by atoms with Gasteiger partial charge in [0.15, 0.2) is 9.84 Å². The fourth-order valence-electron chi connectivity index (χ4n) is 3.50. The van der Waals surface area contributed by atoms with E-state index in [1.54, 1.807) is 12.1 Å². The zero-order valence-corrected chi connectivity index (χ0v) is 13.2. The summed E-state index contributed by atoms with van der Waals surface area (Å²) in [5.41, 5.74) is 0.118. The van der Waals surface area contributed by atoms with Gasteiger partial charge in [-0.15, -0.1) is 0 Å². The summed E-state index contributed by atoms with van der Waals surface area (Å²) in [5, 5.41) is 14.8. The van der Waals surface area contributed by atoms with Crippen LogP contribution in [0.3, 0.4) is 0 Å². The van der Waals surface area contributed by atoms with Crippen LogP contribution < -0.4 is 10.2 Å². The number of piperidine rings is 1. The lowest BCUT2D eigenvalue weighted by atomic mass is 9.88. The first-order valence-corrected chi connectivity index (χ1v) is 9.20. The summed E-state index contributed by atoms with van der Waals surface area (Å²) < 4.78 is 23.7. The molecule has 2 atom stereocenters. The number of anilines is 1. The van der Waals surface area contributed by atoms with Crippen LogP contribution in [0.4, 0.5) is 11.4 Å². The quantitative estimate of drug-likeness (QED) is 0.659. The Balaban J connectivity index is 2.02. The van der Waals surface area contributed by atoms with Gasteiger partial charge in [0.05, 0.1) is 4.92 Å². The van der Waals surface area contributed by atoms with Crippen molar-refractivity contribution in [3.8, 4) is 0 Å². The van der Waals surface area contributed by atoms with E-state index < -0.39 is 14.8 Å². The smallest absolute Gasteiger partial charge is 0.311 e. The number of benzene rings is 1. The molecule has 2 aliphatic heterocycles. The van der Waals surface area contributed by atoms with Gasteiger partial charge >= 0.3 is 5.69 Å². The van der Waals surface area contributed by atoms with E-state index in [9.17, 15) is 18.5 Å². The van der Waals surface area contributed by atoms with Crippen molar-refractivity contribution in [2.45, 2.75) is 11.3 Å². The van der Waals surface area contributed by atoms with Crippen LogP contribution in [0.1, 0.15) is 6.42 Å². The van der Waals surface area contributed by atoms with E-state index in [4.69, 9.17) is 0 Å². The zero-order valence-electron chi connectivity index (χ0n) is 12.4. The molecule has 0 radical (unpaired) electrons. The number of nitro benzene ring substituents is 1. The monoisotopic (exact) mass is 325 g/mol. The summed E-state index contributed by atoms with van der Waals surface area (Å²) >= 11 is 0. The fraction of sp³-hybridized carbons (Fsp3) is 0.571. The van der Waals surface area contributed by atoms with E-state index in [0.29, 0.717) is 17.5 Å². The van der Waals surface area contributed by atoms with Crippen molar-refractivity contribution in [3.05, 3.63) is 28.3 Å². The number of fused-ring (bicyclic) bond motifs is 1. The molecule has 3 rings (SSSR count). The van der Waals surface area contributed by atoms with E-state index in [1.807, 2.05) is 4.90 Å². The Kier molecular flexibility index (Phi) is 3.82. The molecule has 22 heavy (non-hydrogen) atoms. The second-order valence-corrected chi connectivity index (χ2v) is 8.05. The SMILES string of the molecule is CS(=O)(=O)c1cccc(N2CCC3CNCC3C2)c1[N+](=O)[O-]. The number of nitrogens with one attached hydrogen (secondary N) is 1. The number of nitro groups is 1. The summed E-state index contributed by atoms with van der Waals surface area (Å²) in [6.45, 7) is 3.37. The lowest BCUT2D eigenvalue weighted by Gasteiger charge is -2.35. The van der Waals surface area contributed by atoms with Gasteiger partial charge in [-0.05, 0) is 43.5 Å². The van der Waals surface area contributed by atoms with Gasteiger partial charge in [-0.2, -0.15) is 0 Å². The second kappa shape index (κ2) is 5.51. The molecule has 2 saturated heterocycles. The molecule has 1 N–H and O–H groups in total. The zero-order chi connectivity index (χ0) is 15.9. The summed E-state index contributed by atoms with van der Waals surface area (Å²) in [6.07, 6.45) is 1.98. The number of para-hydroxylation sites is 1. The summed E-state index contributed by atoms with van der Waals surface area (Å²) in [6, 6.07) is 4.54. The Labute approximate surface area is 129 Å². The molecule has 2 fully saturated rings. The normalized spacial score (nSPS) is 25.0. The molecular weight excluding hydrogens is 306 g/mol. The first-order valence-electron chi connectivity index (χ1n) is 7.31. The Morgan fingerprint density at radius 2 is 2.05 bits per heavy atom. The van der Waals surface area contributed by atoms with Crippen LogP contribution in [0, 0.1) is 22.0 Å². The van der Waals surface area contributed by atoms with E-state index in [0.717, 1.165) is 38.9 Å². The summed E-state index contributed by atoms with van der Waals surface area (Å²) in [5.74, 6) is 1.09. The summed E-state index contributed by atoms with van der Waals surface area (Å²) in [7, 11) is -3.64. The largest absolute Gasteiger partial charge is 0.366 e. The third kappa shape index (κ3) is 2.68. The maximum absolute atomic E-state index is 11.8. The van der Waals surface area contributed by atoms with Crippen molar-refractivity contribution in [1.29, 1.82) is 0 Å². The van der Waals surface area contributed by atoms with Crippen molar-refractivity contribution >= 4 is 21.2 Å². The van der Waals surface area contributed by atoms with Crippen molar-refractivity contribution in [2.24, 2.45) is 11.8 Å². The highest BCUT2D eigenvalue weighted by Gasteiger charge is 2.36. The van der Waals surface area contributed by atoms with Gasteiger partial charge in [0.25, 0.3) is 0 Å². The van der Waals surface area contributed by atoms with Gasteiger partial charge < -0.3 is 10.2 Å². The average molecular weight is 325 g/mol. The second-order valence-electron chi connectivity index (χ2n) is 6.07. The standard InChI is InChI=1S/C14H19N3O4S/c1-22(20,21)13-4-2-3-12(14(13)17(18)19)16-6-5-10-7-15-8-11(10)9-16/h2-4,10-11,15H,5-9H2,1H3. The van der Waals surface area contributed by atoms with Gasteiger partial charge in [0.1, 0.15) is 10.6 Å². The van der Waals surface area contributed by atoms with Crippen molar-refractivity contribution < 1.29 is 13.3 Å². The Morgan fingerprint density at radius 3 is 2.73 bits per heavy atom. The molecule has 0 aromatic heterocycles. The molecule has 0 aliphatic carbocycles. The predicted octanol–water partition coefficient (Wildman–Crippen LogP) is 1.04. The lowest BCUT2D eigenvalue weighted by Crippen LogP contribution is -2.40. The van der Waals surface area contributed by atoms with Crippen LogP contribution in [0.15, 0.2) is 23.1 Å². The highest BCUT2D eigenvalue weighted by Crippen LogP contribution is 2.38. The lowest BCUT2D eigenvalue weighted by molar-refractivity contribution is -0.387. The predicted molar refractivity (Wildman–Crippen MR) is 82.9 cm³/mol. The molecule has 1 aromatic carbocycles. The van der Waals surface area contributed by atoms with Crippen molar-refractivity contribution in [3.63, 3.8) is 0 Å². The van der Waals surface area contributed by atoms with Gasteiger partial charge in [-0.1, -0.05) is 6.07 Å². The first-order chi connectivity index (χ1) is 10.4. The number of nitrogens with zero attached hydrogens (tertiary/aromatic N) is 2. The number of hydrogen-bond acceptors (Lipinski definition) is 6. The molecule has 1 aromatic rings. The topological polar surface area (TPSA) is 92.6 Å². The number of rotatable bonds is 3. The number of hydrogen-bond donors (Lipinski definition) is 1. The Bertz CT molecular complexity index is 704. The molecule has 2 heterocycles. The Hall–Kier alpha value is -1.67. The van der Waals surface area contributed by atoms with Crippen molar-refractivity contribution in [1.82, 2.24) is 5.32 Å². The van der Waals surface area contributed by atoms with Gasteiger partial charge in [-0.3, -0.25) is 10.1 Å². The molecular formula is C14H19N3O4S. The Morgan fingerprint density at radius 1 is 1.32 bits per heavy atom.